The van der Waals surface area contributed by atoms with E-state index in [1.807, 2.05) is 12.2 Å². The summed E-state index contributed by atoms with van der Waals surface area (Å²) in [5.74, 6) is 0. The van der Waals surface area contributed by atoms with Crippen molar-refractivity contribution in [2.24, 2.45) is 0 Å². The molecule has 1 rings (SSSR count). The van der Waals surface area contributed by atoms with E-state index in [4.69, 9.17) is 0 Å². The first kappa shape index (κ1) is 29.3. The number of halogens is 2. The minimum atomic E-state index is 0. The monoisotopic (exact) mass is 283 g/mol. The summed E-state index contributed by atoms with van der Waals surface area (Å²) in [6, 6.07) is 0. The molecule has 0 fully saturated rings. The Morgan fingerprint density at radius 2 is 1.50 bits per heavy atom. The molecule has 0 atom stereocenters. The van der Waals surface area contributed by atoms with Gasteiger partial charge < -0.3 is 38.7 Å². The molecule has 12 heavy (non-hydrogen) atoms. The van der Waals surface area contributed by atoms with E-state index in [0.717, 1.165) is 6.42 Å². The Morgan fingerprint density at radius 1 is 1.08 bits per heavy atom. The van der Waals surface area contributed by atoms with Gasteiger partial charge in [-0.3, -0.25) is 6.08 Å². The molecule has 0 nitrogen and oxygen atoms in total. The molecule has 1 aliphatic rings. The molecular weight excluding hydrogens is 270 g/mol. The molecule has 72 valence electrons. The average Bonchev–Trinajstić information content (AvgIpc) is 2.51. The SMILES string of the molecule is [C-]1=CC=CC1.[CH2-]C.[CH2-]C.[Cl-].[Cl-].[Zr+2]. The molecule has 0 saturated carbocycles. The third-order valence-electron chi connectivity index (χ3n) is 0.586. The van der Waals surface area contributed by atoms with E-state index < -0.39 is 0 Å². The maximum atomic E-state index is 3.25. The van der Waals surface area contributed by atoms with Gasteiger partial charge in [0.05, 0.1) is 0 Å². The fraction of sp³-hybridized carbons (Fsp3) is 0.333. The van der Waals surface area contributed by atoms with Crippen LogP contribution in [0.15, 0.2) is 18.2 Å². The normalized spacial score (nSPS) is 8.33. The van der Waals surface area contributed by atoms with E-state index >= 15 is 0 Å². The van der Waals surface area contributed by atoms with Gasteiger partial charge in [-0.25, -0.2) is 12.2 Å². The van der Waals surface area contributed by atoms with Crippen LogP contribution in [0.1, 0.15) is 20.3 Å². The topological polar surface area (TPSA) is 0 Å². The van der Waals surface area contributed by atoms with E-state index in [1.165, 1.54) is 0 Å². The van der Waals surface area contributed by atoms with Crippen molar-refractivity contribution in [1.29, 1.82) is 0 Å². The molecular formula is C9H15Cl2Zr-3. The van der Waals surface area contributed by atoms with Gasteiger partial charge in [0.15, 0.2) is 0 Å². The molecule has 0 bridgehead atoms. The van der Waals surface area contributed by atoms with Crippen LogP contribution in [0.25, 0.3) is 0 Å². The van der Waals surface area contributed by atoms with Gasteiger partial charge >= 0.3 is 26.2 Å². The molecule has 0 aromatic rings. The summed E-state index contributed by atoms with van der Waals surface area (Å²) in [5.41, 5.74) is 0. The molecule has 3 heteroatoms. The quantitative estimate of drug-likeness (QED) is 0.416. The largest absolute Gasteiger partial charge is 2.00 e. The molecule has 1 aliphatic carbocycles. The van der Waals surface area contributed by atoms with Gasteiger partial charge in [0.25, 0.3) is 0 Å². The zero-order valence-corrected chi connectivity index (χ0v) is 11.6. The summed E-state index contributed by atoms with van der Waals surface area (Å²) in [6.07, 6.45) is 10.0. The van der Waals surface area contributed by atoms with Crippen molar-refractivity contribution in [1.82, 2.24) is 0 Å². The summed E-state index contributed by atoms with van der Waals surface area (Å²) in [7, 11) is 0. The summed E-state index contributed by atoms with van der Waals surface area (Å²) in [4.78, 5) is 0. The fourth-order valence-electron chi connectivity index (χ4n) is 0.340. The van der Waals surface area contributed by atoms with Crippen LogP contribution >= 0.6 is 0 Å². The van der Waals surface area contributed by atoms with Crippen LogP contribution in [0.3, 0.4) is 0 Å². The molecule has 0 radical (unpaired) electrons. The van der Waals surface area contributed by atoms with Gasteiger partial charge in [0.1, 0.15) is 0 Å². The first-order valence-corrected chi connectivity index (χ1v) is 3.13. The summed E-state index contributed by atoms with van der Waals surface area (Å²) < 4.78 is 0. The Hall–Kier alpha value is 0.943. The molecule has 0 aliphatic heterocycles. The van der Waals surface area contributed by atoms with Crippen LogP contribution in [0.5, 0.6) is 0 Å². The van der Waals surface area contributed by atoms with Gasteiger partial charge in [-0.15, -0.1) is 6.42 Å². The van der Waals surface area contributed by atoms with E-state index in [2.05, 4.69) is 26.0 Å². The van der Waals surface area contributed by atoms with Gasteiger partial charge in [-0.1, -0.05) is 0 Å². The third-order valence-corrected chi connectivity index (χ3v) is 0.586. The summed E-state index contributed by atoms with van der Waals surface area (Å²) >= 11 is 0. The second-order valence-electron chi connectivity index (χ2n) is 1.00. The van der Waals surface area contributed by atoms with Gasteiger partial charge in [0, 0.05) is 0 Å². The molecule has 0 saturated heterocycles. The van der Waals surface area contributed by atoms with Crippen LogP contribution in [-0.4, -0.2) is 0 Å². The van der Waals surface area contributed by atoms with Crippen LogP contribution in [0.2, 0.25) is 0 Å². The maximum Gasteiger partial charge on any atom is 2.00 e. The van der Waals surface area contributed by atoms with E-state index in [9.17, 15) is 0 Å². The van der Waals surface area contributed by atoms with Crippen LogP contribution in [0, 0.1) is 19.9 Å². The molecule has 0 unspecified atom stereocenters. The van der Waals surface area contributed by atoms with Gasteiger partial charge in [-0.05, 0) is 0 Å². The predicted molar refractivity (Wildman–Crippen MR) is 43.6 cm³/mol. The summed E-state index contributed by atoms with van der Waals surface area (Å²) in [6.45, 7) is 10.0. The minimum Gasteiger partial charge on any atom is -1.00 e. The summed E-state index contributed by atoms with van der Waals surface area (Å²) in [5, 5.41) is 0. The molecule has 0 amide bonds. The van der Waals surface area contributed by atoms with Crippen molar-refractivity contribution >= 4 is 0 Å². The van der Waals surface area contributed by atoms with Gasteiger partial charge in [-0.2, -0.15) is 19.9 Å². The zero-order valence-electron chi connectivity index (χ0n) is 7.61. The smallest absolute Gasteiger partial charge is 1.00 e. The Labute approximate surface area is 109 Å². The number of hydrogen-bond donors (Lipinski definition) is 0. The van der Waals surface area contributed by atoms with E-state index in [-0.39, 0.29) is 51.0 Å². The first-order chi connectivity index (χ1) is 4.50. The average molecular weight is 285 g/mol. The molecule has 0 spiro atoms. The zero-order chi connectivity index (χ0) is 7.54. The minimum absolute atomic E-state index is 0. The van der Waals surface area contributed by atoms with E-state index in [0.29, 0.717) is 0 Å². The molecule has 0 heterocycles. The predicted octanol–water partition coefficient (Wildman–Crippen LogP) is -3.01. The first-order valence-electron chi connectivity index (χ1n) is 3.13. The van der Waals surface area contributed by atoms with Crippen molar-refractivity contribution < 1.29 is 51.0 Å². The van der Waals surface area contributed by atoms with Crippen molar-refractivity contribution in [2.45, 2.75) is 20.3 Å². The Bertz CT molecular complexity index is 70.6. The Morgan fingerprint density at radius 3 is 1.58 bits per heavy atom. The molecule has 0 aromatic heterocycles. The van der Waals surface area contributed by atoms with Crippen molar-refractivity contribution in [3.8, 4) is 0 Å². The fourth-order valence-corrected chi connectivity index (χ4v) is 0.340. The maximum absolute atomic E-state index is 3.25. The van der Waals surface area contributed by atoms with Crippen molar-refractivity contribution in [3.05, 3.63) is 38.2 Å². The standard InChI is InChI=1S/C5H5.2C2H5.2ClH.Zr/c1-2-4-5-3-1;2*1-2;;;/h1-3H,4H2;2*1H2,2H3;2*1H;/q3*-1;;;+2/p-2. The molecule has 0 N–H and O–H groups in total. The third kappa shape index (κ3) is 30.6. The van der Waals surface area contributed by atoms with Crippen LogP contribution in [0.4, 0.5) is 0 Å². The van der Waals surface area contributed by atoms with Crippen molar-refractivity contribution in [3.63, 3.8) is 0 Å². The number of allylic oxidation sites excluding steroid dienone is 4. The number of rotatable bonds is 0. The van der Waals surface area contributed by atoms with Gasteiger partial charge in [0.2, 0.25) is 0 Å². The molecule has 0 aromatic carbocycles. The Balaban J connectivity index is -0.0000000213. The van der Waals surface area contributed by atoms with Crippen LogP contribution < -0.4 is 24.8 Å². The second-order valence-corrected chi connectivity index (χ2v) is 1.00. The number of hydrogen-bond acceptors (Lipinski definition) is 0. The van der Waals surface area contributed by atoms with E-state index in [1.54, 1.807) is 13.8 Å². The Kier molecular flexibility index (Phi) is 98.7. The van der Waals surface area contributed by atoms with Crippen molar-refractivity contribution in [2.75, 3.05) is 0 Å². The second kappa shape index (κ2) is 40.5. The van der Waals surface area contributed by atoms with Crippen LogP contribution in [-0.2, 0) is 26.2 Å².